The number of amides is 1. The molecule has 0 radical (unpaired) electrons. The highest BCUT2D eigenvalue weighted by Crippen LogP contribution is 2.18. The molecule has 2 aromatic carbocycles. The number of anilines is 1. The molecular formula is C19H15N3O2. The smallest absolute Gasteiger partial charge is 0.266 e. The van der Waals surface area contributed by atoms with Gasteiger partial charge in [0.25, 0.3) is 5.91 Å². The first-order valence-electron chi connectivity index (χ1n) is 7.32. The van der Waals surface area contributed by atoms with Crippen LogP contribution in [0.3, 0.4) is 0 Å². The fourth-order valence-electron chi connectivity index (χ4n) is 2.00. The molecule has 0 atom stereocenters. The van der Waals surface area contributed by atoms with Crippen molar-refractivity contribution in [3.63, 3.8) is 0 Å². The van der Waals surface area contributed by atoms with E-state index < -0.39 is 5.91 Å². The fraction of sp³-hybridized carbons (Fsp3) is 0.105. The molecule has 0 saturated heterocycles. The first-order valence-corrected chi connectivity index (χ1v) is 7.32. The van der Waals surface area contributed by atoms with Gasteiger partial charge in [0.05, 0.1) is 18.2 Å². The van der Waals surface area contributed by atoms with Gasteiger partial charge in [-0.15, -0.1) is 0 Å². The number of nitrogens with one attached hydrogen (secondary N) is 1. The van der Waals surface area contributed by atoms with Crippen molar-refractivity contribution in [2.75, 3.05) is 11.9 Å². The largest absolute Gasteiger partial charge is 0.494 e. The van der Waals surface area contributed by atoms with Gasteiger partial charge in [-0.3, -0.25) is 4.79 Å². The van der Waals surface area contributed by atoms with E-state index >= 15 is 0 Å². The molecule has 0 fully saturated rings. The average Bonchev–Trinajstić information content (AvgIpc) is 2.60. The molecule has 0 saturated carbocycles. The van der Waals surface area contributed by atoms with Crippen molar-refractivity contribution in [2.24, 2.45) is 0 Å². The van der Waals surface area contributed by atoms with Crippen LogP contribution in [0, 0.1) is 22.7 Å². The van der Waals surface area contributed by atoms with Crippen LogP contribution in [0.25, 0.3) is 6.08 Å². The van der Waals surface area contributed by atoms with E-state index in [1.54, 1.807) is 48.5 Å². The average molecular weight is 317 g/mol. The maximum atomic E-state index is 12.2. The highest BCUT2D eigenvalue weighted by Gasteiger charge is 2.10. The number of hydrogen-bond donors (Lipinski definition) is 1. The number of rotatable bonds is 5. The molecule has 1 N–H and O–H groups in total. The quantitative estimate of drug-likeness (QED) is 0.675. The monoisotopic (exact) mass is 317 g/mol. The normalized spacial score (nSPS) is 10.4. The van der Waals surface area contributed by atoms with E-state index in [0.29, 0.717) is 29.2 Å². The molecule has 118 valence electrons. The highest BCUT2D eigenvalue weighted by molar-refractivity contribution is 6.09. The summed E-state index contributed by atoms with van der Waals surface area (Å²) in [5, 5.41) is 20.7. The molecule has 5 nitrogen and oxygen atoms in total. The summed E-state index contributed by atoms with van der Waals surface area (Å²) < 4.78 is 5.38. The molecule has 0 aliphatic rings. The van der Waals surface area contributed by atoms with Gasteiger partial charge in [0.1, 0.15) is 17.4 Å². The first-order chi connectivity index (χ1) is 11.7. The summed E-state index contributed by atoms with van der Waals surface area (Å²) in [4.78, 5) is 12.2. The SMILES string of the molecule is CCOc1cccc(NC(=O)/C(C#N)=C\c2ccc(C#N)cc2)c1. The Balaban J connectivity index is 2.16. The third-order valence-corrected chi connectivity index (χ3v) is 3.12. The van der Waals surface area contributed by atoms with Gasteiger partial charge in [0, 0.05) is 11.8 Å². The lowest BCUT2D eigenvalue weighted by Gasteiger charge is -2.07. The van der Waals surface area contributed by atoms with Crippen LogP contribution in [0.15, 0.2) is 54.1 Å². The second-order valence-corrected chi connectivity index (χ2v) is 4.82. The zero-order valence-electron chi connectivity index (χ0n) is 13.1. The maximum absolute atomic E-state index is 12.2. The Morgan fingerprint density at radius 3 is 2.58 bits per heavy atom. The van der Waals surface area contributed by atoms with Crippen LogP contribution in [-0.4, -0.2) is 12.5 Å². The van der Waals surface area contributed by atoms with Crippen molar-refractivity contribution in [3.05, 3.63) is 65.2 Å². The lowest BCUT2D eigenvalue weighted by molar-refractivity contribution is -0.112. The maximum Gasteiger partial charge on any atom is 0.266 e. The minimum absolute atomic E-state index is 0.0264. The Hall–Kier alpha value is -3.57. The molecule has 0 bridgehead atoms. The summed E-state index contributed by atoms with van der Waals surface area (Å²) in [6.07, 6.45) is 1.48. The van der Waals surface area contributed by atoms with Gasteiger partial charge < -0.3 is 10.1 Å². The van der Waals surface area contributed by atoms with Crippen LogP contribution >= 0.6 is 0 Å². The van der Waals surface area contributed by atoms with Crippen molar-refractivity contribution < 1.29 is 9.53 Å². The lowest BCUT2D eigenvalue weighted by Crippen LogP contribution is -2.13. The predicted molar refractivity (Wildman–Crippen MR) is 91.0 cm³/mol. The number of carbonyl (C=O) groups excluding carboxylic acids is 1. The Morgan fingerprint density at radius 2 is 1.96 bits per heavy atom. The Kier molecular flexibility index (Phi) is 5.71. The summed E-state index contributed by atoms with van der Waals surface area (Å²) in [7, 11) is 0. The van der Waals surface area contributed by atoms with Gasteiger partial charge >= 0.3 is 0 Å². The molecule has 0 unspecified atom stereocenters. The topological polar surface area (TPSA) is 85.9 Å². The number of nitrogens with zero attached hydrogens (tertiary/aromatic N) is 2. The van der Waals surface area contributed by atoms with Crippen molar-refractivity contribution in [1.82, 2.24) is 0 Å². The Morgan fingerprint density at radius 1 is 1.21 bits per heavy atom. The van der Waals surface area contributed by atoms with Gasteiger partial charge in [-0.1, -0.05) is 18.2 Å². The molecular weight excluding hydrogens is 302 g/mol. The first kappa shape index (κ1) is 16.8. The number of ether oxygens (including phenoxy) is 1. The molecule has 0 aliphatic heterocycles. The molecule has 0 heterocycles. The zero-order chi connectivity index (χ0) is 17.4. The molecule has 0 spiro atoms. The zero-order valence-corrected chi connectivity index (χ0v) is 13.1. The van der Waals surface area contributed by atoms with Crippen LogP contribution in [0.4, 0.5) is 5.69 Å². The van der Waals surface area contributed by atoms with E-state index in [0.717, 1.165) is 0 Å². The van der Waals surface area contributed by atoms with Crippen molar-refractivity contribution in [3.8, 4) is 17.9 Å². The van der Waals surface area contributed by atoms with Gasteiger partial charge in [-0.2, -0.15) is 10.5 Å². The summed E-state index contributed by atoms with van der Waals surface area (Å²) in [5.41, 5.74) is 1.71. The van der Waals surface area contributed by atoms with Crippen LogP contribution in [0.1, 0.15) is 18.1 Å². The van der Waals surface area contributed by atoms with Gasteiger partial charge in [0.2, 0.25) is 0 Å². The second-order valence-electron chi connectivity index (χ2n) is 4.82. The molecule has 24 heavy (non-hydrogen) atoms. The number of hydrogen-bond acceptors (Lipinski definition) is 4. The highest BCUT2D eigenvalue weighted by atomic mass is 16.5. The molecule has 5 heteroatoms. The Bertz CT molecular complexity index is 840. The fourth-order valence-corrected chi connectivity index (χ4v) is 2.00. The second kappa shape index (κ2) is 8.17. The molecule has 0 aliphatic carbocycles. The van der Waals surface area contributed by atoms with E-state index in [2.05, 4.69) is 5.32 Å². The predicted octanol–water partition coefficient (Wildman–Crippen LogP) is 3.50. The molecule has 1 amide bonds. The Labute approximate surface area is 140 Å². The van der Waals surface area contributed by atoms with Crippen molar-refractivity contribution in [2.45, 2.75) is 6.92 Å². The number of benzene rings is 2. The summed E-state index contributed by atoms with van der Waals surface area (Å²) in [6.45, 7) is 2.40. The molecule has 0 aromatic heterocycles. The van der Waals surface area contributed by atoms with Gasteiger partial charge in [-0.05, 0) is 42.8 Å². The van der Waals surface area contributed by atoms with E-state index in [1.165, 1.54) is 6.08 Å². The molecule has 2 rings (SSSR count). The van der Waals surface area contributed by atoms with Crippen LogP contribution in [-0.2, 0) is 4.79 Å². The summed E-state index contributed by atoms with van der Waals surface area (Å²) >= 11 is 0. The van der Waals surface area contributed by atoms with Crippen molar-refractivity contribution in [1.29, 1.82) is 10.5 Å². The van der Waals surface area contributed by atoms with E-state index in [1.807, 2.05) is 19.1 Å². The minimum atomic E-state index is -0.504. The van der Waals surface area contributed by atoms with Crippen LogP contribution in [0.5, 0.6) is 5.75 Å². The number of carbonyl (C=O) groups is 1. The van der Waals surface area contributed by atoms with Crippen molar-refractivity contribution >= 4 is 17.7 Å². The standard InChI is InChI=1S/C19H15N3O2/c1-2-24-18-5-3-4-17(11-18)22-19(23)16(13-21)10-14-6-8-15(12-20)9-7-14/h3-11H,2H2,1H3,(H,22,23)/b16-10-. The van der Waals surface area contributed by atoms with E-state index in [9.17, 15) is 10.1 Å². The van der Waals surface area contributed by atoms with E-state index in [-0.39, 0.29) is 5.57 Å². The third-order valence-electron chi connectivity index (χ3n) is 3.12. The summed E-state index contributed by atoms with van der Waals surface area (Å²) in [6, 6.07) is 17.5. The minimum Gasteiger partial charge on any atom is -0.494 e. The van der Waals surface area contributed by atoms with Crippen LogP contribution in [0.2, 0.25) is 0 Å². The summed E-state index contributed by atoms with van der Waals surface area (Å²) in [5.74, 6) is 0.139. The van der Waals surface area contributed by atoms with E-state index in [4.69, 9.17) is 10.00 Å². The van der Waals surface area contributed by atoms with Crippen LogP contribution < -0.4 is 10.1 Å². The number of nitriles is 2. The third kappa shape index (κ3) is 4.46. The molecule has 2 aromatic rings. The lowest BCUT2D eigenvalue weighted by atomic mass is 10.1. The van der Waals surface area contributed by atoms with Gasteiger partial charge in [0.15, 0.2) is 0 Å². The van der Waals surface area contributed by atoms with Gasteiger partial charge in [-0.25, -0.2) is 0 Å².